The number of nitrogens with zero attached hydrogens (tertiary/aromatic N) is 3. The quantitative estimate of drug-likeness (QED) is 0.829. The molecule has 1 atom stereocenters. The van der Waals surface area contributed by atoms with Gasteiger partial charge in [0.2, 0.25) is 11.8 Å². The molecule has 6 heteroatoms. The van der Waals surface area contributed by atoms with Crippen molar-refractivity contribution >= 4 is 11.8 Å². The number of piperazine rings is 1. The van der Waals surface area contributed by atoms with E-state index in [1.54, 1.807) is 15.8 Å². The van der Waals surface area contributed by atoms with Crippen LogP contribution >= 0.6 is 0 Å². The predicted octanol–water partition coefficient (Wildman–Crippen LogP) is -0.0544. The predicted molar refractivity (Wildman–Crippen MR) is 70.3 cm³/mol. The lowest BCUT2D eigenvalue weighted by molar-refractivity contribution is -0.147. The SMILES string of the molecule is CC(C)C1C(=O)NCC(=O)N1CCc1ccnn1C. The molecular weight excluding hydrogens is 244 g/mol. The number of carbonyl (C=O) groups excluding carboxylic acids is 2. The summed E-state index contributed by atoms with van der Waals surface area (Å²) in [5.74, 6) is 0.0378. The number of hydrogen-bond donors (Lipinski definition) is 1. The normalized spacial score (nSPS) is 20.0. The second-order valence-corrected chi connectivity index (χ2v) is 5.19. The van der Waals surface area contributed by atoms with Gasteiger partial charge < -0.3 is 10.2 Å². The van der Waals surface area contributed by atoms with Crippen LogP contribution in [0.4, 0.5) is 0 Å². The van der Waals surface area contributed by atoms with E-state index in [0.717, 1.165) is 5.69 Å². The molecule has 2 amide bonds. The molecule has 1 N–H and O–H groups in total. The molecule has 0 saturated carbocycles. The van der Waals surface area contributed by atoms with Crippen molar-refractivity contribution in [1.82, 2.24) is 20.0 Å². The fraction of sp³-hybridized carbons (Fsp3) is 0.615. The molecular formula is C13H20N4O2. The van der Waals surface area contributed by atoms with Crippen molar-refractivity contribution in [3.8, 4) is 0 Å². The van der Waals surface area contributed by atoms with Gasteiger partial charge in [-0.2, -0.15) is 5.10 Å². The minimum atomic E-state index is -0.366. The Morgan fingerprint density at radius 1 is 1.47 bits per heavy atom. The van der Waals surface area contributed by atoms with Crippen molar-refractivity contribution in [2.24, 2.45) is 13.0 Å². The van der Waals surface area contributed by atoms with Crippen LogP contribution in [0.2, 0.25) is 0 Å². The van der Waals surface area contributed by atoms with Gasteiger partial charge in [-0.05, 0) is 12.0 Å². The first-order valence-electron chi connectivity index (χ1n) is 6.54. The lowest BCUT2D eigenvalue weighted by Crippen LogP contribution is -2.60. The molecule has 0 bridgehead atoms. The van der Waals surface area contributed by atoms with Crippen molar-refractivity contribution in [1.29, 1.82) is 0 Å². The third-order valence-electron chi connectivity index (χ3n) is 3.50. The zero-order chi connectivity index (χ0) is 14.0. The van der Waals surface area contributed by atoms with E-state index in [-0.39, 0.29) is 30.3 Å². The molecule has 0 aliphatic carbocycles. The molecule has 104 valence electrons. The highest BCUT2D eigenvalue weighted by molar-refractivity contribution is 5.94. The smallest absolute Gasteiger partial charge is 0.243 e. The first kappa shape index (κ1) is 13.6. The minimum absolute atomic E-state index is 0.0135. The maximum Gasteiger partial charge on any atom is 0.243 e. The molecule has 2 rings (SSSR count). The number of hydrogen-bond acceptors (Lipinski definition) is 3. The summed E-state index contributed by atoms with van der Waals surface area (Å²) in [6, 6.07) is 1.56. The topological polar surface area (TPSA) is 67.2 Å². The van der Waals surface area contributed by atoms with Gasteiger partial charge in [-0.3, -0.25) is 14.3 Å². The van der Waals surface area contributed by atoms with Gasteiger partial charge in [0.15, 0.2) is 0 Å². The van der Waals surface area contributed by atoms with Gasteiger partial charge in [0, 0.05) is 31.9 Å². The third-order valence-corrected chi connectivity index (χ3v) is 3.50. The Hall–Kier alpha value is -1.85. The molecule has 2 heterocycles. The fourth-order valence-corrected chi connectivity index (χ4v) is 2.47. The van der Waals surface area contributed by atoms with Crippen LogP contribution in [0.15, 0.2) is 12.3 Å². The number of rotatable bonds is 4. The van der Waals surface area contributed by atoms with E-state index in [1.165, 1.54) is 0 Å². The Morgan fingerprint density at radius 2 is 2.21 bits per heavy atom. The maximum absolute atomic E-state index is 12.0. The van der Waals surface area contributed by atoms with Crippen molar-refractivity contribution in [3.63, 3.8) is 0 Å². The highest BCUT2D eigenvalue weighted by Gasteiger charge is 2.36. The summed E-state index contributed by atoms with van der Waals surface area (Å²) in [5, 5.41) is 6.75. The standard InChI is InChI=1S/C13H20N4O2/c1-9(2)12-13(19)14-8-11(18)17(12)7-5-10-4-6-15-16(10)3/h4,6,9,12H,5,7-8H2,1-3H3,(H,14,19). The largest absolute Gasteiger partial charge is 0.345 e. The van der Waals surface area contributed by atoms with E-state index in [2.05, 4.69) is 10.4 Å². The van der Waals surface area contributed by atoms with E-state index in [9.17, 15) is 9.59 Å². The van der Waals surface area contributed by atoms with Gasteiger partial charge in [-0.25, -0.2) is 0 Å². The van der Waals surface area contributed by atoms with Crippen molar-refractivity contribution in [2.75, 3.05) is 13.1 Å². The molecule has 1 saturated heterocycles. The van der Waals surface area contributed by atoms with Crippen molar-refractivity contribution in [2.45, 2.75) is 26.3 Å². The summed E-state index contributed by atoms with van der Waals surface area (Å²) in [5.41, 5.74) is 1.06. The average molecular weight is 264 g/mol. The van der Waals surface area contributed by atoms with Crippen LogP contribution < -0.4 is 5.32 Å². The second-order valence-electron chi connectivity index (χ2n) is 5.19. The fourth-order valence-electron chi connectivity index (χ4n) is 2.47. The van der Waals surface area contributed by atoms with E-state index in [4.69, 9.17) is 0 Å². The molecule has 1 unspecified atom stereocenters. The van der Waals surface area contributed by atoms with Crippen LogP contribution in [-0.4, -0.2) is 45.6 Å². The zero-order valence-corrected chi connectivity index (χ0v) is 11.6. The molecule has 0 aromatic carbocycles. The number of carbonyl (C=O) groups is 2. The van der Waals surface area contributed by atoms with Crippen molar-refractivity contribution in [3.05, 3.63) is 18.0 Å². The maximum atomic E-state index is 12.0. The molecule has 1 fully saturated rings. The molecule has 0 radical (unpaired) electrons. The first-order valence-corrected chi connectivity index (χ1v) is 6.54. The lowest BCUT2D eigenvalue weighted by atomic mass is 9.99. The van der Waals surface area contributed by atoms with Gasteiger partial charge in [0.05, 0.1) is 6.54 Å². The number of amides is 2. The molecule has 0 spiro atoms. The molecule has 1 aromatic rings. The Bertz CT molecular complexity index is 481. The molecule has 19 heavy (non-hydrogen) atoms. The van der Waals surface area contributed by atoms with Gasteiger partial charge >= 0.3 is 0 Å². The third kappa shape index (κ3) is 2.77. The van der Waals surface area contributed by atoms with Crippen LogP contribution in [0, 0.1) is 5.92 Å². The van der Waals surface area contributed by atoms with Gasteiger partial charge in [-0.15, -0.1) is 0 Å². The highest BCUT2D eigenvalue weighted by atomic mass is 16.2. The molecule has 1 aliphatic heterocycles. The average Bonchev–Trinajstić information content (AvgIpc) is 2.75. The molecule has 1 aromatic heterocycles. The van der Waals surface area contributed by atoms with Gasteiger partial charge in [0.1, 0.15) is 6.04 Å². The van der Waals surface area contributed by atoms with E-state index in [1.807, 2.05) is 27.0 Å². The Labute approximate surface area is 112 Å². The highest BCUT2D eigenvalue weighted by Crippen LogP contribution is 2.15. The lowest BCUT2D eigenvalue weighted by Gasteiger charge is -2.37. The van der Waals surface area contributed by atoms with Crippen LogP contribution in [0.5, 0.6) is 0 Å². The Morgan fingerprint density at radius 3 is 2.79 bits per heavy atom. The van der Waals surface area contributed by atoms with E-state index >= 15 is 0 Å². The summed E-state index contributed by atoms with van der Waals surface area (Å²) >= 11 is 0. The van der Waals surface area contributed by atoms with E-state index in [0.29, 0.717) is 13.0 Å². The first-order chi connectivity index (χ1) is 9.00. The second kappa shape index (κ2) is 5.42. The Kier molecular flexibility index (Phi) is 3.87. The summed E-state index contributed by atoms with van der Waals surface area (Å²) in [7, 11) is 1.87. The number of aromatic nitrogens is 2. The molecule has 1 aliphatic rings. The summed E-state index contributed by atoms with van der Waals surface area (Å²) in [6.45, 7) is 4.57. The van der Waals surface area contributed by atoms with Crippen LogP contribution in [0.1, 0.15) is 19.5 Å². The summed E-state index contributed by atoms with van der Waals surface area (Å²) < 4.78 is 1.79. The summed E-state index contributed by atoms with van der Waals surface area (Å²) in [4.78, 5) is 25.6. The van der Waals surface area contributed by atoms with Crippen LogP contribution in [-0.2, 0) is 23.1 Å². The Balaban J connectivity index is 2.08. The monoisotopic (exact) mass is 264 g/mol. The number of aryl methyl sites for hydroxylation is 1. The van der Waals surface area contributed by atoms with Gasteiger partial charge in [-0.1, -0.05) is 13.8 Å². The van der Waals surface area contributed by atoms with Gasteiger partial charge in [0.25, 0.3) is 0 Å². The van der Waals surface area contributed by atoms with Crippen molar-refractivity contribution < 1.29 is 9.59 Å². The van der Waals surface area contributed by atoms with Crippen LogP contribution in [0.25, 0.3) is 0 Å². The van der Waals surface area contributed by atoms with Crippen LogP contribution in [0.3, 0.4) is 0 Å². The van der Waals surface area contributed by atoms with E-state index < -0.39 is 0 Å². The number of nitrogens with one attached hydrogen (secondary N) is 1. The summed E-state index contributed by atoms with van der Waals surface area (Å²) in [6.07, 6.45) is 2.44. The zero-order valence-electron chi connectivity index (χ0n) is 11.6. The molecule has 6 nitrogen and oxygen atoms in total. The minimum Gasteiger partial charge on any atom is -0.345 e.